The van der Waals surface area contributed by atoms with E-state index < -0.39 is 19.0 Å². The van der Waals surface area contributed by atoms with Gasteiger partial charge in [-0.15, -0.1) is 0 Å². The number of ether oxygens (including phenoxy) is 1. The van der Waals surface area contributed by atoms with Gasteiger partial charge in [0.2, 0.25) is 0 Å². The molecule has 2 N–H and O–H groups in total. The summed E-state index contributed by atoms with van der Waals surface area (Å²) in [6.07, 6.45) is -1.19. The first-order valence-electron chi connectivity index (χ1n) is 4.97. The first-order valence-corrected chi connectivity index (χ1v) is 4.97. The summed E-state index contributed by atoms with van der Waals surface area (Å²) in [6, 6.07) is 1.35. The van der Waals surface area contributed by atoms with E-state index in [0.717, 1.165) is 0 Å². The molecule has 1 rings (SSSR count). The van der Waals surface area contributed by atoms with Gasteiger partial charge in [-0.3, -0.25) is 0 Å². The van der Waals surface area contributed by atoms with Gasteiger partial charge in [-0.25, -0.2) is 13.6 Å². The van der Waals surface area contributed by atoms with E-state index in [9.17, 15) is 13.6 Å². The van der Waals surface area contributed by atoms with Crippen molar-refractivity contribution in [3.63, 3.8) is 0 Å². The van der Waals surface area contributed by atoms with Crippen LogP contribution < -0.4 is 5.32 Å². The fourth-order valence-electron chi connectivity index (χ4n) is 1.19. The second-order valence-electron chi connectivity index (χ2n) is 3.21. The highest BCUT2D eigenvalue weighted by Crippen LogP contribution is 2.09. The van der Waals surface area contributed by atoms with Crippen molar-refractivity contribution < 1.29 is 27.8 Å². The van der Waals surface area contributed by atoms with Crippen LogP contribution in [0.5, 0.6) is 0 Å². The molecule has 0 aromatic carbocycles. The maximum absolute atomic E-state index is 11.7. The van der Waals surface area contributed by atoms with Gasteiger partial charge in [0.15, 0.2) is 0 Å². The lowest BCUT2D eigenvalue weighted by molar-refractivity contribution is 0.0186. The average Bonchev–Trinajstić information content (AvgIpc) is 2.71. The van der Waals surface area contributed by atoms with Crippen LogP contribution in [0.15, 0.2) is 16.7 Å². The Balaban J connectivity index is 2.18. The zero-order valence-electron chi connectivity index (χ0n) is 8.99. The minimum absolute atomic E-state index is 0.0889. The van der Waals surface area contributed by atoms with Crippen molar-refractivity contribution in [1.82, 2.24) is 5.32 Å². The van der Waals surface area contributed by atoms with Gasteiger partial charge < -0.3 is 19.6 Å². The van der Waals surface area contributed by atoms with Gasteiger partial charge in [-0.2, -0.15) is 0 Å². The summed E-state index contributed by atoms with van der Waals surface area (Å²) in [7, 11) is 0. The number of aromatic carboxylic acids is 1. The first kappa shape index (κ1) is 13.6. The molecule has 96 valence electrons. The zero-order valence-corrected chi connectivity index (χ0v) is 8.99. The lowest BCUT2D eigenvalue weighted by atomic mass is 10.2. The Morgan fingerprint density at radius 2 is 2.35 bits per heavy atom. The summed E-state index contributed by atoms with van der Waals surface area (Å²) in [5.74, 6) is -0.768. The van der Waals surface area contributed by atoms with Gasteiger partial charge in [-0.1, -0.05) is 0 Å². The van der Waals surface area contributed by atoms with Crippen molar-refractivity contribution in [3.05, 3.63) is 23.7 Å². The molecule has 0 aliphatic carbocycles. The van der Waals surface area contributed by atoms with Crippen LogP contribution in [0.25, 0.3) is 0 Å². The van der Waals surface area contributed by atoms with Crippen LogP contribution in [0.1, 0.15) is 16.1 Å². The number of halogens is 2. The molecular formula is C10H13F2NO4. The van der Waals surface area contributed by atoms with Crippen molar-refractivity contribution >= 4 is 5.97 Å². The van der Waals surface area contributed by atoms with E-state index in [-0.39, 0.29) is 18.7 Å². The van der Waals surface area contributed by atoms with Crippen LogP contribution >= 0.6 is 0 Å². The van der Waals surface area contributed by atoms with Gasteiger partial charge >= 0.3 is 5.97 Å². The van der Waals surface area contributed by atoms with Crippen LogP contribution in [0.4, 0.5) is 8.78 Å². The minimum atomic E-state index is -2.47. The van der Waals surface area contributed by atoms with Crippen LogP contribution in [-0.4, -0.2) is 37.3 Å². The maximum atomic E-state index is 11.7. The van der Waals surface area contributed by atoms with Gasteiger partial charge in [0.25, 0.3) is 6.43 Å². The van der Waals surface area contributed by atoms with E-state index in [4.69, 9.17) is 9.52 Å². The minimum Gasteiger partial charge on any atom is -0.478 e. The number of hydrogen-bond donors (Lipinski definition) is 2. The molecule has 0 aliphatic rings. The van der Waals surface area contributed by atoms with Crippen molar-refractivity contribution in [3.8, 4) is 0 Å². The number of furan rings is 1. The van der Waals surface area contributed by atoms with Crippen molar-refractivity contribution in [2.45, 2.75) is 13.0 Å². The molecule has 0 aliphatic heterocycles. The molecule has 0 saturated carbocycles. The SMILES string of the molecule is O=C(O)c1ccoc1CNCCOCC(F)F. The largest absolute Gasteiger partial charge is 0.478 e. The van der Waals surface area contributed by atoms with E-state index in [0.29, 0.717) is 12.3 Å². The number of hydrogen-bond acceptors (Lipinski definition) is 4. The van der Waals surface area contributed by atoms with Crippen molar-refractivity contribution in [1.29, 1.82) is 0 Å². The monoisotopic (exact) mass is 249 g/mol. The molecule has 7 heteroatoms. The highest BCUT2D eigenvalue weighted by Gasteiger charge is 2.12. The predicted octanol–water partition coefficient (Wildman–Crippen LogP) is 1.35. The number of rotatable bonds is 8. The third-order valence-corrected chi connectivity index (χ3v) is 1.93. The third-order valence-electron chi connectivity index (χ3n) is 1.93. The van der Waals surface area contributed by atoms with Gasteiger partial charge in [-0.05, 0) is 6.07 Å². The molecule has 0 atom stereocenters. The molecule has 0 unspecified atom stereocenters. The lowest BCUT2D eigenvalue weighted by Gasteiger charge is -2.04. The summed E-state index contributed by atoms with van der Waals surface area (Å²) < 4.78 is 33.0. The van der Waals surface area contributed by atoms with E-state index in [1.54, 1.807) is 0 Å². The summed E-state index contributed by atoms with van der Waals surface area (Å²) in [4.78, 5) is 10.7. The second kappa shape index (κ2) is 6.97. The molecule has 5 nitrogen and oxygen atoms in total. The highest BCUT2D eigenvalue weighted by molar-refractivity contribution is 5.88. The van der Waals surface area contributed by atoms with Crippen LogP contribution in [0.3, 0.4) is 0 Å². The van der Waals surface area contributed by atoms with Gasteiger partial charge in [0.1, 0.15) is 17.9 Å². The summed E-state index contributed by atoms with van der Waals surface area (Å²) in [6.45, 7) is 0.0927. The van der Waals surface area contributed by atoms with Crippen molar-refractivity contribution in [2.24, 2.45) is 0 Å². The standard InChI is InChI=1S/C10H13F2NO4/c11-9(12)6-16-4-2-13-5-8-7(10(14)15)1-3-17-8/h1,3,9,13H,2,4-6H2,(H,14,15). The van der Waals surface area contributed by atoms with Gasteiger partial charge in [0, 0.05) is 6.54 Å². The Kier molecular flexibility index (Phi) is 5.58. The van der Waals surface area contributed by atoms with Gasteiger partial charge in [0.05, 0.1) is 19.4 Å². The molecule has 0 spiro atoms. The highest BCUT2D eigenvalue weighted by atomic mass is 19.3. The smallest absolute Gasteiger partial charge is 0.339 e. The fourth-order valence-corrected chi connectivity index (χ4v) is 1.19. The topological polar surface area (TPSA) is 71.7 Å². The number of carbonyl (C=O) groups is 1. The number of carboxylic acid groups (broad SMARTS) is 1. The van der Waals surface area contributed by atoms with Crippen molar-refractivity contribution in [2.75, 3.05) is 19.8 Å². The predicted molar refractivity (Wildman–Crippen MR) is 54.2 cm³/mol. The summed E-state index contributed by atoms with van der Waals surface area (Å²) >= 11 is 0. The van der Waals surface area contributed by atoms with E-state index in [2.05, 4.69) is 10.1 Å². The average molecular weight is 249 g/mol. The molecule has 0 saturated heterocycles. The maximum Gasteiger partial charge on any atom is 0.339 e. The van der Waals surface area contributed by atoms with E-state index in [1.165, 1.54) is 12.3 Å². The number of carboxylic acids is 1. The second-order valence-corrected chi connectivity index (χ2v) is 3.21. The zero-order chi connectivity index (χ0) is 12.7. The Morgan fingerprint density at radius 1 is 1.59 bits per heavy atom. The molecule has 0 amide bonds. The molecule has 0 radical (unpaired) electrons. The quantitative estimate of drug-likeness (QED) is 0.680. The normalized spacial score (nSPS) is 11.0. The van der Waals surface area contributed by atoms with Crippen LogP contribution in [0, 0.1) is 0 Å². The molecule has 1 aromatic heterocycles. The Hall–Kier alpha value is -1.47. The molecule has 0 fully saturated rings. The Morgan fingerprint density at radius 3 is 3.00 bits per heavy atom. The van der Waals surface area contributed by atoms with E-state index >= 15 is 0 Å². The third kappa shape index (κ3) is 4.92. The molecule has 0 bridgehead atoms. The fraction of sp³-hybridized carbons (Fsp3) is 0.500. The number of nitrogens with one attached hydrogen (secondary N) is 1. The summed E-state index contributed by atoms with van der Waals surface area (Å²) in [5.41, 5.74) is 0.0889. The van der Waals surface area contributed by atoms with Crippen LogP contribution in [-0.2, 0) is 11.3 Å². The lowest BCUT2D eigenvalue weighted by Crippen LogP contribution is -2.21. The molecule has 1 aromatic rings. The Labute approximate surface area is 96.4 Å². The molecular weight excluding hydrogens is 236 g/mol. The summed E-state index contributed by atoms with van der Waals surface area (Å²) in [5, 5.41) is 11.6. The first-order chi connectivity index (χ1) is 8.11. The number of alkyl halides is 2. The molecule has 1 heterocycles. The van der Waals surface area contributed by atoms with E-state index in [1.807, 2.05) is 0 Å². The Bertz CT molecular complexity index is 354. The molecule has 17 heavy (non-hydrogen) atoms. The van der Waals surface area contributed by atoms with Crippen LogP contribution in [0.2, 0.25) is 0 Å².